The first-order valence-electron chi connectivity index (χ1n) is 12.8. The third-order valence-electron chi connectivity index (χ3n) is 7.70. The normalized spacial score (nSPS) is 20.0. The van der Waals surface area contributed by atoms with Gasteiger partial charge in [-0.15, -0.1) is 0 Å². The Labute approximate surface area is 209 Å². The lowest BCUT2D eigenvalue weighted by Gasteiger charge is -2.43. The zero-order chi connectivity index (χ0) is 25.9. The third kappa shape index (κ3) is 6.82. The highest BCUT2D eigenvalue weighted by atomic mass is 19.4. The second-order valence-corrected chi connectivity index (χ2v) is 10.2. The van der Waals surface area contributed by atoms with E-state index in [2.05, 4.69) is 9.80 Å². The van der Waals surface area contributed by atoms with Gasteiger partial charge in [0.25, 0.3) is 0 Å². The summed E-state index contributed by atoms with van der Waals surface area (Å²) in [6.45, 7) is 5.55. The van der Waals surface area contributed by atoms with Crippen LogP contribution in [0.1, 0.15) is 72.4 Å². The van der Waals surface area contributed by atoms with Crippen molar-refractivity contribution in [2.24, 2.45) is 0 Å². The van der Waals surface area contributed by atoms with Crippen molar-refractivity contribution in [1.82, 2.24) is 9.80 Å². The molecule has 1 unspecified atom stereocenters. The molecule has 198 valence electrons. The first-order chi connectivity index (χ1) is 17.0. The first-order valence-corrected chi connectivity index (χ1v) is 12.8. The van der Waals surface area contributed by atoms with Crippen LogP contribution in [0.3, 0.4) is 0 Å². The Hall–Kier alpha value is -2.06. The molecule has 1 heterocycles. The molecular weight excluding hydrogens is 478 g/mol. The highest BCUT2D eigenvalue weighted by molar-refractivity contribution is 5.34. The zero-order valence-corrected chi connectivity index (χ0v) is 20.6. The predicted octanol–water partition coefficient (Wildman–Crippen LogP) is 7.66. The van der Waals surface area contributed by atoms with Crippen molar-refractivity contribution in [2.45, 2.75) is 76.3 Å². The van der Waals surface area contributed by atoms with E-state index in [4.69, 9.17) is 0 Å². The lowest BCUT2D eigenvalue weighted by Crippen LogP contribution is -2.51. The van der Waals surface area contributed by atoms with Crippen LogP contribution in [0.25, 0.3) is 0 Å². The van der Waals surface area contributed by atoms with Crippen molar-refractivity contribution < 1.29 is 26.3 Å². The van der Waals surface area contributed by atoms with E-state index in [1.165, 1.54) is 32.1 Å². The SMILES string of the molecule is Cc1ccc(C(CCc2cc(C(F)(F)F)cc(C(F)(F)F)c2)N2CCN(C3CCCCC3)CC2)cc1. The van der Waals surface area contributed by atoms with Gasteiger partial charge >= 0.3 is 12.4 Å². The van der Waals surface area contributed by atoms with Crippen LogP contribution in [-0.2, 0) is 18.8 Å². The van der Waals surface area contributed by atoms with E-state index in [0.717, 1.165) is 49.4 Å². The summed E-state index contributed by atoms with van der Waals surface area (Å²) in [5.41, 5.74) is -0.280. The fourth-order valence-corrected chi connectivity index (χ4v) is 5.68. The molecule has 1 aliphatic carbocycles. The van der Waals surface area contributed by atoms with E-state index in [1.54, 1.807) is 0 Å². The van der Waals surface area contributed by atoms with E-state index in [0.29, 0.717) is 12.5 Å². The van der Waals surface area contributed by atoms with Crippen molar-refractivity contribution in [2.75, 3.05) is 26.2 Å². The van der Waals surface area contributed by atoms with Crippen molar-refractivity contribution in [3.05, 3.63) is 70.3 Å². The molecule has 2 aliphatic rings. The quantitative estimate of drug-likeness (QED) is 0.367. The second kappa shape index (κ2) is 11.1. The summed E-state index contributed by atoms with van der Waals surface area (Å²) in [5, 5.41) is 0. The maximum atomic E-state index is 13.3. The molecular formula is C28H34F6N2. The van der Waals surface area contributed by atoms with Gasteiger partial charge in [0.1, 0.15) is 0 Å². The number of rotatable bonds is 6. The largest absolute Gasteiger partial charge is 0.416 e. The maximum Gasteiger partial charge on any atom is 0.416 e. The van der Waals surface area contributed by atoms with E-state index >= 15 is 0 Å². The van der Waals surface area contributed by atoms with Crippen LogP contribution in [0.15, 0.2) is 42.5 Å². The van der Waals surface area contributed by atoms with Gasteiger partial charge in [-0.05, 0) is 61.9 Å². The summed E-state index contributed by atoms with van der Waals surface area (Å²) >= 11 is 0. The molecule has 0 bridgehead atoms. The fraction of sp³-hybridized carbons (Fsp3) is 0.571. The van der Waals surface area contributed by atoms with Crippen molar-refractivity contribution in [3.8, 4) is 0 Å². The standard InChI is InChI=1S/C28H34F6N2/c1-20-7-10-22(11-8-20)26(36-15-13-35(14-16-36)25-5-3-2-4-6-25)12-9-21-17-23(27(29,30)31)19-24(18-21)28(32,33)34/h7-8,10-11,17-19,25-26H,2-6,9,12-16H2,1H3. The highest BCUT2D eigenvalue weighted by Crippen LogP contribution is 2.37. The van der Waals surface area contributed by atoms with E-state index in [-0.39, 0.29) is 24.1 Å². The van der Waals surface area contributed by atoms with Gasteiger partial charge in [-0.2, -0.15) is 26.3 Å². The van der Waals surface area contributed by atoms with Gasteiger partial charge in [0.2, 0.25) is 0 Å². The van der Waals surface area contributed by atoms with Crippen LogP contribution >= 0.6 is 0 Å². The molecule has 0 radical (unpaired) electrons. The molecule has 2 aromatic rings. The summed E-state index contributed by atoms with van der Waals surface area (Å²) in [6, 6.07) is 10.6. The number of hydrogen-bond acceptors (Lipinski definition) is 2. The summed E-state index contributed by atoms with van der Waals surface area (Å²) in [4.78, 5) is 4.91. The molecule has 1 saturated heterocycles. The van der Waals surface area contributed by atoms with Crippen LogP contribution in [0, 0.1) is 6.92 Å². The molecule has 36 heavy (non-hydrogen) atoms. The minimum Gasteiger partial charge on any atom is -0.298 e. The van der Waals surface area contributed by atoms with E-state index < -0.39 is 23.5 Å². The van der Waals surface area contributed by atoms with Gasteiger partial charge in [0.15, 0.2) is 0 Å². The molecule has 0 amide bonds. The monoisotopic (exact) mass is 512 g/mol. The molecule has 2 aromatic carbocycles. The van der Waals surface area contributed by atoms with Crippen LogP contribution in [-0.4, -0.2) is 42.0 Å². The summed E-state index contributed by atoms with van der Waals surface area (Å²) in [7, 11) is 0. The predicted molar refractivity (Wildman–Crippen MR) is 129 cm³/mol. The number of halogens is 6. The molecule has 0 N–H and O–H groups in total. The minimum atomic E-state index is -4.83. The van der Waals surface area contributed by atoms with Crippen LogP contribution < -0.4 is 0 Å². The average molecular weight is 513 g/mol. The van der Waals surface area contributed by atoms with E-state index in [9.17, 15) is 26.3 Å². The van der Waals surface area contributed by atoms with Crippen LogP contribution in [0.2, 0.25) is 0 Å². The van der Waals surface area contributed by atoms with Crippen molar-refractivity contribution in [3.63, 3.8) is 0 Å². The maximum absolute atomic E-state index is 13.3. The smallest absolute Gasteiger partial charge is 0.298 e. The zero-order valence-electron chi connectivity index (χ0n) is 20.6. The Bertz CT molecular complexity index is 952. The highest BCUT2D eigenvalue weighted by Gasteiger charge is 2.37. The lowest BCUT2D eigenvalue weighted by molar-refractivity contribution is -0.143. The molecule has 2 fully saturated rings. The second-order valence-electron chi connectivity index (χ2n) is 10.2. The van der Waals surface area contributed by atoms with Crippen molar-refractivity contribution >= 4 is 0 Å². The Kier molecular flexibility index (Phi) is 8.35. The Balaban J connectivity index is 1.52. The summed E-state index contributed by atoms with van der Waals surface area (Å²) in [5.74, 6) is 0. The van der Waals surface area contributed by atoms with Gasteiger partial charge in [-0.25, -0.2) is 0 Å². The fourth-order valence-electron chi connectivity index (χ4n) is 5.68. The molecule has 0 spiro atoms. The molecule has 8 heteroatoms. The lowest BCUT2D eigenvalue weighted by atomic mass is 9.92. The number of aryl methyl sites for hydroxylation is 2. The molecule has 0 aromatic heterocycles. The molecule has 1 aliphatic heterocycles. The average Bonchev–Trinajstić information content (AvgIpc) is 2.85. The number of nitrogens with zero attached hydrogens (tertiary/aromatic N) is 2. The van der Waals surface area contributed by atoms with Gasteiger partial charge in [0.05, 0.1) is 11.1 Å². The first kappa shape index (κ1) is 27.0. The molecule has 4 rings (SSSR count). The third-order valence-corrected chi connectivity index (χ3v) is 7.70. The van der Waals surface area contributed by atoms with E-state index in [1.807, 2.05) is 31.2 Å². The number of hydrogen-bond donors (Lipinski definition) is 0. The number of benzene rings is 2. The van der Waals surface area contributed by atoms with Gasteiger partial charge in [0, 0.05) is 38.3 Å². The molecule has 1 saturated carbocycles. The van der Waals surface area contributed by atoms with Crippen LogP contribution in [0.5, 0.6) is 0 Å². The minimum absolute atomic E-state index is 0.0649. The molecule has 1 atom stereocenters. The number of piperazine rings is 1. The Morgan fingerprint density at radius 3 is 1.86 bits per heavy atom. The topological polar surface area (TPSA) is 6.48 Å². The summed E-state index contributed by atoms with van der Waals surface area (Å²) in [6.07, 6.45) is -2.76. The van der Waals surface area contributed by atoms with Crippen LogP contribution in [0.4, 0.5) is 26.3 Å². The summed E-state index contributed by atoms with van der Waals surface area (Å²) < 4.78 is 80.0. The van der Waals surface area contributed by atoms with Gasteiger partial charge < -0.3 is 0 Å². The molecule has 2 nitrogen and oxygen atoms in total. The van der Waals surface area contributed by atoms with Gasteiger partial charge in [-0.1, -0.05) is 49.1 Å². The Morgan fingerprint density at radius 1 is 0.778 bits per heavy atom. The van der Waals surface area contributed by atoms with Gasteiger partial charge in [-0.3, -0.25) is 9.80 Å². The van der Waals surface area contributed by atoms with Crippen molar-refractivity contribution in [1.29, 1.82) is 0 Å². The number of alkyl halides is 6. The Morgan fingerprint density at radius 2 is 1.33 bits per heavy atom.